The van der Waals surface area contributed by atoms with Crippen LogP contribution in [0.5, 0.6) is 23.0 Å². The first-order valence-electron chi connectivity index (χ1n) is 27.9. The van der Waals surface area contributed by atoms with Gasteiger partial charge in [0.05, 0.1) is 69.4 Å². The number of rotatable bonds is 20. The third kappa shape index (κ3) is 11.7. The van der Waals surface area contributed by atoms with Gasteiger partial charge in [-0.25, -0.2) is 19.2 Å². The summed E-state index contributed by atoms with van der Waals surface area (Å²) < 4.78 is 67.3. The highest BCUT2D eigenvalue weighted by molar-refractivity contribution is 6.02. The van der Waals surface area contributed by atoms with E-state index in [-0.39, 0.29) is 92.3 Å². The van der Waals surface area contributed by atoms with Gasteiger partial charge < -0.3 is 76.2 Å². The lowest BCUT2D eigenvalue weighted by Gasteiger charge is -2.34. The van der Waals surface area contributed by atoms with Crippen molar-refractivity contribution in [1.29, 1.82) is 0 Å². The second kappa shape index (κ2) is 24.6. The van der Waals surface area contributed by atoms with Crippen LogP contribution in [0.15, 0.2) is 72.8 Å². The van der Waals surface area contributed by atoms with E-state index in [9.17, 15) is 38.4 Å². The third-order valence-electron chi connectivity index (χ3n) is 15.5. The number of carbonyl (C=O) groups is 8. The van der Waals surface area contributed by atoms with Crippen molar-refractivity contribution in [2.24, 2.45) is 0 Å². The molecule has 2 amide bonds. The van der Waals surface area contributed by atoms with Crippen LogP contribution in [0.2, 0.25) is 0 Å². The fourth-order valence-corrected chi connectivity index (χ4v) is 12.4. The van der Waals surface area contributed by atoms with Gasteiger partial charge >= 0.3 is 36.1 Å². The van der Waals surface area contributed by atoms with E-state index < -0.39 is 76.2 Å². The Balaban J connectivity index is 0.000000205. The summed E-state index contributed by atoms with van der Waals surface area (Å²) in [6, 6.07) is 19.1. The minimum atomic E-state index is -1.40. The first kappa shape index (κ1) is 62.2. The van der Waals surface area contributed by atoms with E-state index >= 15 is 0 Å². The van der Waals surface area contributed by atoms with Crippen LogP contribution in [0.1, 0.15) is 98.4 Å². The van der Waals surface area contributed by atoms with Gasteiger partial charge in [0.15, 0.2) is 17.2 Å². The summed E-state index contributed by atoms with van der Waals surface area (Å²) in [6.45, 7) is 13.5. The van der Waals surface area contributed by atoms with Gasteiger partial charge in [0, 0.05) is 58.0 Å². The predicted octanol–water partition coefficient (Wildman–Crippen LogP) is 6.45. The molecule has 4 aromatic rings. The maximum absolute atomic E-state index is 13.4. The third-order valence-corrected chi connectivity index (χ3v) is 15.5. The van der Waals surface area contributed by atoms with E-state index in [0.29, 0.717) is 35.6 Å². The molecule has 4 saturated heterocycles. The number of amides is 2. The fraction of sp³-hybridized carbons (Fsp3) is 0.484. The lowest BCUT2D eigenvalue weighted by atomic mass is 9.76. The van der Waals surface area contributed by atoms with Gasteiger partial charge in [0.1, 0.15) is 78.3 Å². The van der Waals surface area contributed by atoms with Crippen molar-refractivity contribution < 1.29 is 95.2 Å². The molecule has 0 bridgehead atoms. The molecule has 0 spiro atoms. The zero-order valence-corrected chi connectivity index (χ0v) is 50.2. The predicted molar refractivity (Wildman–Crippen MR) is 304 cm³/mol. The molecule has 0 aliphatic carbocycles. The number of hydrogen-bond acceptors (Lipinski definition) is 22. The smallest absolute Gasteiger partial charge is 0.411 e. The van der Waals surface area contributed by atoms with Crippen LogP contribution in [0.4, 0.5) is 21.0 Å². The second-order valence-corrected chi connectivity index (χ2v) is 23.6. The number of esters is 4. The van der Waals surface area contributed by atoms with E-state index in [2.05, 4.69) is 0 Å². The molecule has 6 heterocycles. The molecule has 24 nitrogen and oxygen atoms in total. The van der Waals surface area contributed by atoms with Crippen LogP contribution in [0.3, 0.4) is 0 Å². The molecule has 4 aromatic carbocycles. The second-order valence-electron chi connectivity index (χ2n) is 23.6. The number of fused-ring (bicyclic) bond motifs is 10. The molecule has 86 heavy (non-hydrogen) atoms. The number of benzene rings is 4. The maximum atomic E-state index is 13.4. The van der Waals surface area contributed by atoms with Gasteiger partial charge in [0.25, 0.3) is 0 Å². The zero-order chi connectivity index (χ0) is 62.2. The summed E-state index contributed by atoms with van der Waals surface area (Å²) in [6.07, 6.45) is 0.592. The molecule has 4 fully saturated rings. The number of anilines is 2. The van der Waals surface area contributed by atoms with Crippen molar-refractivity contribution in [2.45, 2.75) is 127 Å². The van der Waals surface area contributed by atoms with E-state index in [1.54, 1.807) is 57.4 Å². The molecule has 0 radical (unpaired) electrons. The van der Waals surface area contributed by atoms with Crippen molar-refractivity contribution in [2.75, 3.05) is 78.1 Å². The Bertz CT molecular complexity index is 3240. The highest BCUT2D eigenvalue weighted by Gasteiger charge is 2.74. The van der Waals surface area contributed by atoms with Gasteiger partial charge in [-0.05, 0) is 64.8 Å². The first-order valence-corrected chi connectivity index (χ1v) is 27.9. The van der Waals surface area contributed by atoms with E-state index in [1.807, 2.05) is 70.5 Å². The first-order chi connectivity index (χ1) is 40.9. The SMILES string of the molecule is COCOC[C@@]1(C=O)c2c(OCc3ccccc3)cc(C(=O)OC)c(OC(C)=O)c2N2C[C@H]3[C@@H](C21)N3C(=O)OC(C)(C)C.COCOC[C@@]1(C=O)c2c(cc(C(=O)OC)c(OC(C)=O)c2OCc2ccccc2)N2C[C@H]3[C@@H](C21)N3C(=O)OC(C)(C)C. The maximum Gasteiger partial charge on any atom is 0.411 e. The molecule has 0 aromatic heterocycles. The van der Waals surface area contributed by atoms with Crippen LogP contribution in [0.25, 0.3) is 0 Å². The lowest BCUT2D eigenvalue weighted by molar-refractivity contribution is -0.132. The number of hydrogen-bond donors (Lipinski definition) is 0. The summed E-state index contributed by atoms with van der Waals surface area (Å²) in [4.78, 5) is 111. The van der Waals surface area contributed by atoms with Gasteiger partial charge in [0.2, 0.25) is 0 Å². The fourth-order valence-electron chi connectivity index (χ4n) is 12.4. The Hall–Kier alpha value is -8.32. The Morgan fingerprint density at radius 2 is 1.01 bits per heavy atom. The summed E-state index contributed by atoms with van der Waals surface area (Å²) in [5.41, 5.74) is -1.01. The van der Waals surface area contributed by atoms with Crippen molar-refractivity contribution in [1.82, 2.24) is 9.80 Å². The molecule has 6 aliphatic heterocycles. The Kier molecular flexibility index (Phi) is 17.8. The molecule has 0 N–H and O–H groups in total. The molecular formula is C62H72N4O20. The lowest BCUT2D eigenvalue weighted by Crippen LogP contribution is -2.52. The molecule has 6 aliphatic rings. The Morgan fingerprint density at radius 3 is 1.47 bits per heavy atom. The van der Waals surface area contributed by atoms with Gasteiger partial charge in [-0.1, -0.05) is 60.7 Å². The minimum Gasteiger partial charge on any atom is -0.488 e. The quantitative estimate of drug-likeness (QED) is 0.0175. The topological polar surface area (TPSA) is 260 Å². The minimum absolute atomic E-state index is 0.0395. The number of aldehydes is 2. The Morgan fingerprint density at radius 1 is 0.570 bits per heavy atom. The molecule has 0 saturated carbocycles. The number of carbonyl (C=O) groups excluding carboxylic acids is 8. The molecule has 460 valence electrons. The largest absolute Gasteiger partial charge is 0.488 e. The average Bonchev–Trinajstić information content (AvgIpc) is 1.51. The van der Waals surface area contributed by atoms with Crippen molar-refractivity contribution in [3.63, 3.8) is 0 Å². The Labute approximate surface area is 497 Å². The average molecular weight is 1190 g/mol. The summed E-state index contributed by atoms with van der Waals surface area (Å²) in [5, 5.41) is 0. The number of methoxy groups -OCH3 is 4. The van der Waals surface area contributed by atoms with Gasteiger partial charge in [-0.2, -0.15) is 0 Å². The van der Waals surface area contributed by atoms with Crippen LogP contribution in [-0.4, -0.2) is 174 Å². The molecule has 24 heteroatoms. The molecular weight excluding hydrogens is 1120 g/mol. The van der Waals surface area contributed by atoms with Crippen LogP contribution < -0.4 is 28.7 Å². The van der Waals surface area contributed by atoms with Crippen molar-refractivity contribution in [3.8, 4) is 23.0 Å². The van der Waals surface area contributed by atoms with E-state index in [1.165, 1.54) is 48.4 Å². The summed E-state index contributed by atoms with van der Waals surface area (Å²) >= 11 is 0. The van der Waals surface area contributed by atoms with Crippen LogP contribution >= 0.6 is 0 Å². The normalized spacial score (nSPS) is 23.2. The molecule has 2 unspecified atom stereocenters. The standard InChI is InChI=1S/2C31H36N2O10/c1-18(35)42-26-20(28(36)39-6)12-22(41-14-19-10-8-7-9-11-19)23-25(26)32-13-21-24(33(21)29(37)43-30(2,3)4)27(32)31(23,15-34)16-40-17-38-5;1-18(35)42-25-20(28(36)39-6)12-21-23(26(25)41-14-19-10-8-7-9-11-19)31(15-34,16-40-17-38-5)27-24-22(13-32(21)27)33(24)29(37)43-30(2,3)4/h7-12,15,21,24,27H,13-14,16-17H2,1-6H3;7-12,15,22,24,27H,13-14,16-17H2,1-6H3/t21-,24-,27?,31-,33?;22-,24-,27?,31-,33?/m00/s1. The van der Waals surface area contributed by atoms with E-state index in [4.69, 9.17) is 56.8 Å². The highest BCUT2D eigenvalue weighted by atomic mass is 16.7. The van der Waals surface area contributed by atoms with Crippen molar-refractivity contribution >= 4 is 60.0 Å². The summed E-state index contributed by atoms with van der Waals surface area (Å²) in [7, 11) is 5.38. The monoisotopic (exact) mass is 1190 g/mol. The molecule has 8 atom stereocenters. The zero-order valence-electron chi connectivity index (χ0n) is 50.2. The van der Waals surface area contributed by atoms with Gasteiger partial charge in [-0.15, -0.1) is 0 Å². The number of nitrogens with zero attached hydrogens (tertiary/aromatic N) is 4. The van der Waals surface area contributed by atoms with Crippen LogP contribution in [0, 0.1) is 0 Å². The van der Waals surface area contributed by atoms with Crippen molar-refractivity contribution in [3.05, 3.63) is 106 Å². The van der Waals surface area contributed by atoms with Crippen LogP contribution in [-0.2, 0) is 81.1 Å². The number of ether oxygens (including phenoxy) is 12. The summed E-state index contributed by atoms with van der Waals surface area (Å²) in [5.74, 6) is -2.81. The highest BCUT2D eigenvalue weighted by Crippen LogP contribution is 2.63. The van der Waals surface area contributed by atoms with E-state index in [0.717, 1.165) is 23.7 Å². The van der Waals surface area contributed by atoms with Gasteiger partial charge in [-0.3, -0.25) is 19.4 Å². The molecule has 10 rings (SSSR count). The number of piperazine rings is 2.